The van der Waals surface area contributed by atoms with Crippen LogP contribution in [-0.2, 0) is 4.79 Å². The van der Waals surface area contributed by atoms with Crippen LogP contribution in [0.25, 0.3) is 10.2 Å². The first-order valence-corrected chi connectivity index (χ1v) is 6.76. The van der Waals surface area contributed by atoms with Gasteiger partial charge in [-0.1, -0.05) is 23.5 Å². The Kier molecular flexibility index (Phi) is 3.30. The zero-order valence-corrected chi connectivity index (χ0v) is 11.1. The number of para-hydroxylation sites is 1. The molecule has 3 aromatic rings. The smallest absolute Gasteiger partial charge is 0.234 e. The highest BCUT2D eigenvalue weighted by atomic mass is 32.1. The highest BCUT2D eigenvalue weighted by Crippen LogP contribution is 2.25. The highest BCUT2D eigenvalue weighted by Gasteiger charge is 2.15. The number of ketones is 1. The summed E-state index contributed by atoms with van der Waals surface area (Å²) in [6.07, 6.45) is 1.14. The van der Waals surface area contributed by atoms with E-state index >= 15 is 0 Å². The Balaban J connectivity index is 1.68. The van der Waals surface area contributed by atoms with E-state index in [9.17, 15) is 9.59 Å². The van der Waals surface area contributed by atoms with Gasteiger partial charge in [0.25, 0.3) is 0 Å². The number of furan rings is 1. The molecule has 1 aromatic carbocycles. The first-order chi connectivity index (χ1) is 9.72. The molecule has 6 heteroatoms. The van der Waals surface area contributed by atoms with Crippen molar-refractivity contribution in [3.8, 4) is 0 Å². The van der Waals surface area contributed by atoms with Gasteiger partial charge in [0, 0.05) is 0 Å². The van der Waals surface area contributed by atoms with E-state index in [2.05, 4.69) is 10.3 Å². The Labute approximate surface area is 118 Å². The van der Waals surface area contributed by atoms with Crippen molar-refractivity contribution >= 4 is 38.4 Å². The maximum atomic E-state index is 11.8. The third kappa shape index (κ3) is 2.60. The zero-order valence-electron chi connectivity index (χ0n) is 10.3. The van der Waals surface area contributed by atoms with Crippen LogP contribution in [0, 0.1) is 0 Å². The molecule has 0 bridgehead atoms. The molecule has 0 aliphatic carbocycles. The summed E-state index contributed by atoms with van der Waals surface area (Å²) in [5, 5.41) is 3.12. The summed E-state index contributed by atoms with van der Waals surface area (Å²) in [5.74, 6) is -0.566. The molecule has 0 fully saturated rings. The van der Waals surface area contributed by atoms with Gasteiger partial charge in [0.15, 0.2) is 10.9 Å². The van der Waals surface area contributed by atoms with Crippen LogP contribution in [0.15, 0.2) is 47.1 Å². The molecule has 20 heavy (non-hydrogen) atoms. The van der Waals surface area contributed by atoms with Crippen molar-refractivity contribution in [2.24, 2.45) is 0 Å². The molecule has 0 spiro atoms. The molecule has 0 saturated carbocycles. The first-order valence-electron chi connectivity index (χ1n) is 5.94. The van der Waals surface area contributed by atoms with Crippen LogP contribution in [0.3, 0.4) is 0 Å². The Morgan fingerprint density at radius 2 is 2.05 bits per heavy atom. The second-order valence-electron chi connectivity index (χ2n) is 4.11. The minimum absolute atomic E-state index is 0.185. The number of thiazole rings is 1. The highest BCUT2D eigenvalue weighted by molar-refractivity contribution is 7.22. The average Bonchev–Trinajstić information content (AvgIpc) is 3.07. The number of hydrogen-bond acceptors (Lipinski definition) is 5. The van der Waals surface area contributed by atoms with Gasteiger partial charge in [0.1, 0.15) is 0 Å². The van der Waals surface area contributed by atoms with Crippen molar-refractivity contribution in [2.75, 3.05) is 5.32 Å². The number of carbonyl (C=O) groups excluding carboxylic acids is 2. The van der Waals surface area contributed by atoms with Gasteiger partial charge in [0.2, 0.25) is 11.7 Å². The van der Waals surface area contributed by atoms with E-state index in [4.69, 9.17) is 4.42 Å². The number of aromatic nitrogens is 1. The Morgan fingerprint density at radius 3 is 2.80 bits per heavy atom. The maximum Gasteiger partial charge on any atom is 0.234 e. The van der Waals surface area contributed by atoms with Crippen molar-refractivity contribution < 1.29 is 14.0 Å². The second kappa shape index (κ2) is 5.26. The Bertz CT molecular complexity index is 729. The van der Waals surface area contributed by atoms with Gasteiger partial charge in [0.05, 0.1) is 22.9 Å². The summed E-state index contributed by atoms with van der Waals surface area (Å²) in [6.45, 7) is 0. The fourth-order valence-electron chi connectivity index (χ4n) is 1.76. The monoisotopic (exact) mass is 286 g/mol. The van der Waals surface area contributed by atoms with Crippen molar-refractivity contribution in [3.05, 3.63) is 48.4 Å². The largest absolute Gasteiger partial charge is 0.461 e. The average molecular weight is 286 g/mol. The summed E-state index contributed by atoms with van der Waals surface area (Å²) in [5.41, 5.74) is 0.824. The molecule has 0 aliphatic rings. The van der Waals surface area contributed by atoms with Crippen LogP contribution in [0.2, 0.25) is 0 Å². The lowest BCUT2D eigenvalue weighted by molar-refractivity contribution is -0.115. The number of benzene rings is 1. The topological polar surface area (TPSA) is 72.2 Å². The number of fused-ring (bicyclic) bond motifs is 1. The molecule has 0 radical (unpaired) electrons. The van der Waals surface area contributed by atoms with Crippen LogP contribution in [0.1, 0.15) is 17.0 Å². The van der Waals surface area contributed by atoms with Crippen molar-refractivity contribution in [1.82, 2.24) is 4.98 Å². The van der Waals surface area contributed by atoms with Crippen LogP contribution in [-0.4, -0.2) is 16.7 Å². The van der Waals surface area contributed by atoms with Crippen LogP contribution < -0.4 is 5.32 Å². The molecular formula is C14H10N2O3S. The number of nitrogens with zero attached hydrogens (tertiary/aromatic N) is 1. The molecule has 1 amide bonds. The van der Waals surface area contributed by atoms with E-state index < -0.39 is 5.91 Å². The van der Waals surface area contributed by atoms with Gasteiger partial charge in [-0.2, -0.15) is 0 Å². The lowest BCUT2D eigenvalue weighted by Crippen LogP contribution is -2.16. The Morgan fingerprint density at radius 1 is 1.20 bits per heavy atom. The Hall–Kier alpha value is -2.47. The number of rotatable bonds is 4. The lowest BCUT2D eigenvalue weighted by atomic mass is 10.2. The molecule has 2 heterocycles. The molecule has 0 saturated heterocycles. The number of hydrogen-bond donors (Lipinski definition) is 1. The predicted octanol–water partition coefficient (Wildman–Crippen LogP) is 3.10. The third-order valence-electron chi connectivity index (χ3n) is 2.66. The summed E-state index contributed by atoms with van der Waals surface area (Å²) in [4.78, 5) is 27.8. The normalized spacial score (nSPS) is 10.6. The van der Waals surface area contributed by atoms with Crippen molar-refractivity contribution in [1.29, 1.82) is 0 Å². The van der Waals surface area contributed by atoms with E-state index in [0.29, 0.717) is 5.13 Å². The van der Waals surface area contributed by atoms with E-state index in [1.54, 1.807) is 6.07 Å². The van der Waals surface area contributed by atoms with Gasteiger partial charge >= 0.3 is 0 Å². The summed E-state index contributed by atoms with van der Waals surface area (Å²) < 4.78 is 5.94. The van der Waals surface area contributed by atoms with Gasteiger partial charge in [-0.3, -0.25) is 9.59 Å². The fourth-order valence-corrected chi connectivity index (χ4v) is 2.64. The number of carbonyl (C=O) groups is 2. The van der Waals surface area contributed by atoms with Gasteiger partial charge in [-0.15, -0.1) is 0 Å². The molecule has 0 atom stereocenters. The van der Waals surface area contributed by atoms with E-state index in [0.717, 1.165) is 10.2 Å². The quantitative estimate of drug-likeness (QED) is 0.591. The first kappa shape index (κ1) is 12.6. The molecule has 1 N–H and O–H groups in total. The van der Waals surface area contributed by atoms with E-state index in [1.807, 2.05) is 24.3 Å². The number of amides is 1. The third-order valence-corrected chi connectivity index (χ3v) is 3.61. The molecule has 100 valence electrons. The molecule has 3 rings (SSSR count). The van der Waals surface area contributed by atoms with Crippen molar-refractivity contribution in [3.63, 3.8) is 0 Å². The predicted molar refractivity (Wildman–Crippen MR) is 75.9 cm³/mol. The molecular weight excluding hydrogens is 276 g/mol. The fraction of sp³-hybridized carbons (Fsp3) is 0.0714. The lowest BCUT2D eigenvalue weighted by Gasteiger charge is -1.99. The standard InChI is InChI=1S/C14H10N2O3S/c17-10(11-5-3-7-19-11)8-13(18)16-14-15-9-4-1-2-6-12(9)20-14/h1-7H,8H2,(H,15,16,18). The van der Waals surface area contributed by atoms with Gasteiger partial charge in [-0.25, -0.2) is 4.98 Å². The maximum absolute atomic E-state index is 11.8. The SMILES string of the molecule is O=C(CC(=O)c1ccco1)Nc1nc2ccccc2s1. The number of anilines is 1. The van der Waals surface area contributed by atoms with Gasteiger partial charge in [-0.05, 0) is 24.3 Å². The summed E-state index contributed by atoms with van der Waals surface area (Å²) >= 11 is 1.37. The molecule has 5 nitrogen and oxygen atoms in total. The van der Waals surface area contributed by atoms with E-state index in [1.165, 1.54) is 23.7 Å². The van der Waals surface area contributed by atoms with Crippen LogP contribution in [0.5, 0.6) is 0 Å². The number of nitrogens with one attached hydrogen (secondary N) is 1. The zero-order chi connectivity index (χ0) is 13.9. The minimum Gasteiger partial charge on any atom is -0.461 e. The van der Waals surface area contributed by atoms with Gasteiger partial charge < -0.3 is 9.73 Å². The van der Waals surface area contributed by atoms with Crippen LogP contribution >= 0.6 is 11.3 Å². The second-order valence-corrected chi connectivity index (χ2v) is 5.14. The van der Waals surface area contributed by atoms with E-state index in [-0.39, 0.29) is 18.0 Å². The van der Waals surface area contributed by atoms with Crippen LogP contribution in [0.4, 0.5) is 5.13 Å². The number of Topliss-reactive ketones (excluding diaryl/α,β-unsaturated/α-hetero) is 1. The molecule has 2 aromatic heterocycles. The summed E-state index contributed by atoms with van der Waals surface area (Å²) in [6, 6.07) is 10.7. The molecule has 0 aliphatic heterocycles. The minimum atomic E-state index is -0.398. The summed E-state index contributed by atoms with van der Waals surface area (Å²) in [7, 11) is 0. The molecule has 0 unspecified atom stereocenters. The van der Waals surface area contributed by atoms with Crippen molar-refractivity contribution in [2.45, 2.75) is 6.42 Å².